The van der Waals surface area contributed by atoms with Gasteiger partial charge in [-0.15, -0.1) is 0 Å². The molecule has 1 saturated heterocycles. The highest BCUT2D eigenvalue weighted by atomic mass is 28.4. The first-order valence-electron chi connectivity index (χ1n) is 11.9. The van der Waals surface area contributed by atoms with Gasteiger partial charge < -0.3 is 4.43 Å². The van der Waals surface area contributed by atoms with Gasteiger partial charge in [0.1, 0.15) is 0 Å². The first-order chi connectivity index (χ1) is 15.9. The maximum absolute atomic E-state index is 9.67. The van der Waals surface area contributed by atoms with Gasteiger partial charge in [0.05, 0.1) is 18.6 Å². The predicted octanol–water partition coefficient (Wildman–Crippen LogP) is 4.98. The second kappa shape index (κ2) is 10.1. The summed E-state index contributed by atoms with van der Waals surface area (Å²) in [6.07, 6.45) is 0.863. The fourth-order valence-electron chi connectivity index (χ4n) is 5.25. The average Bonchev–Trinajstić information content (AvgIpc) is 3.22. The van der Waals surface area contributed by atoms with Gasteiger partial charge >= 0.3 is 0 Å². The van der Waals surface area contributed by atoms with Gasteiger partial charge in [0.15, 0.2) is 0 Å². The highest BCUT2D eigenvalue weighted by Gasteiger charge is 2.50. The van der Waals surface area contributed by atoms with Crippen molar-refractivity contribution in [2.45, 2.75) is 44.8 Å². The minimum Gasteiger partial charge on any atom is -0.406 e. The molecule has 1 aliphatic rings. The van der Waals surface area contributed by atoms with Crippen molar-refractivity contribution in [2.75, 3.05) is 13.2 Å². The summed E-state index contributed by atoms with van der Waals surface area (Å²) >= 11 is 0. The Balaban J connectivity index is 1.67. The molecule has 4 rings (SSSR count). The van der Waals surface area contributed by atoms with Gasteiger partial charge in [-0.3, -0.25) is 4.90 Å². The number of rotatable bonds is 7. The molecule has 3 aromatic rings. The molecule has 0 spiro atoms. The summed E-state index contributed by atoms with van der Waals surface area (Å²) in [6, 6.07) is 34.9. The summed E-state index contributed by atoms with van der Waals surface area (Å²) in [5, 5.41) is 12.2. The van der Waals surface area contributed by atoms with Crippen LogP contribution in [-0.4, -0.2) is 32.4 Å². The van der Waals surface area contributed by atoms with Crippen molar-refractivity contribution in [3.05, 3.63) is 96.6 Å². The molecular weight excluding hydrogens is 420 g/mol. The Kier molecular flexibility index (Phi) is 7.14. The van der Waals surface area contributed by atoms with Gasteiger partial charge in [0, 0.05) is 19.1 Å². The zero-order valence-corrected chi connectivity index (χ0v) is 20.9. The third-order valence-electron chi connectivity index (χ3n) is 6.85. The zero-order chi connectivity index (χ0) is 23.3. The van der Waals surface area contributed by atoms with Crippen molar-refractivity contribution in [3.8, 4) is 6.07 Å². The van der Waals surface area contributed by atoms with Crippen LogP contribution in [0.15, 0.2) is 91.0 Å². The molecule has 1 fully saturated rings. The molecule has 33 heavy (non-hydrogen) atoms. The molecule has 4 heteroatoms. The standard InChI is InChI=1S/C29H34N2OSi/c1-29(2,3)33(27-15-9-5-10-16-27,28-17-11-6-12-18-28)32-23-26-19-25(20-30)22-31(26)21-24-13-7-4-8-14-24/h4-18,25-26H,19,21-23H2,1-3H3/t25-,26-/m0/s1. The van der Waals surface area contributed by atoms with Gasteiger partial charge in [0.25, 0.3) is 8.32 Å². The highest BCUT2D eigenvalue weighted by Crippen LogP contribution is 2.37. The summed E-state index contributed by atoms with van der Waals surface area (Å²) < 4.78 is 7.20. The molecule has 1 heterocycles. The first-order valence-corrected chi connectivity index (χ1v) is 13.8. The summed E-state index contributed by atoms with van der Waals surface area (Å²) in [4.78, 5) is 2.45. The molecule has 3 aromatic carbocycles. The van der Waals surface area contributed by atoms with Crippen LogP contribution < -0.4 is 10.4 Å². The van der Waals surface area contributed by atoms with Crippen LogP contribution in [0, 0.1) is 17.2 Å². The van der Waals surface area contributed by atoms with Crippen molar-refractivity contribution in [3.63, 3.8) is 0 Å². The topological polar surface area (TPSA) is 36.3 Å². The van der Waals surface area contributed by atoms with Crippen molar-refractivity contribution >= 4 is 18.7 Å². The second-order valence-corrected chi connectivity index (χ2v) is 14.4. The van der Waals surface area contributed by atoms with E-state index in [1.807, 2.05) is 0 Å². The molecular formula is C29H34N2OSi. The Hall–Kier alpha value is -2.71. The number of hydrogen-bond acceptors (Lipinski definition) is 3. The number of nitriles is 1. The lowest BCUT2D eigenvalue weighted by atomic mass is 10.1. The minimum atomic E-state index is -2.58. The van der Waals surface area contributed by atoms with E-state index in [-0.39, 0.29) is 17.0 Å². The minimum absolute atomic E-state index is 0.0484. The molecule has 0 radical (unpaired) electrons. The number of hydrogen-bond donors (Lipinski definition) is 0. The van der Waals surface area contributed by atoms with Crippen LogP contribution in [0.2, 0.25) is 5.04 Å². The fourth-order valence-corrected chi connectivity index (χ4v) is 9.84. The quantitative estimate of drug-likeness (QED) is 0.473. The van der Waals surface area contributed by atoms with Crippen molar-refractivity contribution in [1.82, 2.24) is 4.90 Å². The average molecular weight is 455 g/mol. The molecule has 0 bridgehead atoms. The molecule has 0 aromatic heterocycles. The first kappa shape index (κ1) is 23.4. The lowest BCUT2D eigenvalue weighted by molar-refractivity contribution is 0.160. The van der Waals surface area contributed by atoms with Crippen LogP contribution in [0.25, 0.3) is 0 Å². The molecule has 0 saturated carbocycles. The van der Waals surface area contributed by atoms with Crippen LogP contribution in [-0.2, 0) is 11.0 Å². The van der Waals surface area contributed by atoms with Gasteiger partial charge in [-0.05, 0) is 27.4 Å². The molecule has 0 amide bonds. The van der Waals surface area contributed by atoms with E-state index in [0.717, 1.165) is 19.5 Å². The lowest BCUT2D eigenvalue weighted by Crippen LogP contribution is -2.67. The number of nitrogens with zero attached hydrogens (tertiary/aromatic N) is 2. The summed E-state index contributed by atoms with van der Waals surface area (Å²) in [5.41, 5.74) is 1.28. The van der Waals surface area contributed by atoms with Crippen molar-refractivity contribution in [2.24, 2.45) is 5.92 Å². The van der Waals surface area contributed by atoms with E-state index in [4.69, 9.17) is 4.43 Å². The molecule has 0 aliphatic carbocycles. The Morgan fingerprint density at radius 1 is 0.879 bits per heavy atom. The predicted molar refractivity (Wildman–Crippen MR) is 138 cm³/mol. The lowest BCUT2D eigenvalue weighted by Gasteiger charge is -2.44. The normalized spacial score (nSPS) is 19.3. The summed E-state index contributed by atoms with van der Waals surface area (Å²) in [5.74, 6) is 0.0569. The Bertz CT molecular complexity index is 1020. The Labute approximate surface area is 199 Å². The van der Waals surface area contributed by atoms with Crippen LogP contribution >= 0.6 is 0 Å². The van der Waals surface area contributed by atoms with E-state index in [1.54, 1.807) is 0 Å². The molecule has 1 aliphatic heterocycles. The van der Waals surface area contributed by atoms with Crippen LogP contribution in [0.3, 0.4) is 0 Å². The van der Waals surface area contributed by atoms with Gasteiger partial charge in [-0.25, -0.2) is 0 Å². The van der Waals surface area contributed by atoms with Crippen LogP contribution in [0.1, 0.15) is 32.8 Å². The zero-order valence-electron chi connectivity index (χ0n) is 19.9. The van der Waals surface area contributed by atoms with E-state index < -0.39 is 8.32 Å². The fraction of sp³-hybridized carbons (Fsp3) is 0.345. The molecule has 0 N–H and O–H groups in total. The molecule has 170 valence electrons. The maximum Gasteiger partial charge on any atom is 0.261 e. The third-order valence-corrected chi connectivity index (χ3v) is 11.9. The Morgan fingerprint density at radius 2 is 1.39 bits per heavy atom. The summed E-state index contributed by atoms with van der Waals surface area (Å²) in [6.45, 7) is 9.24. The molecule has 3 nitrogen and oxygen atoms in total. The van der Waals surface area contributed by atoms with Gasteiger partial charge in [0.2, 0.25) is 0 Å². The maximum atomic E-state index is 9.67. The van der Waals surface area contributed by atoms with Crippen LogP contribution in [0.5, 0.6) is 0 Å². The molecule has 2 atom stereocenters. The smallest absolute Gasteiger partial charge is 0.261 e. The third kappa shape index (κ3) is 4.96. The number of benzene rings is 3. The largest absolute Gasteiger partial charge is 0.406 e. The van der Waals surface area contributed by atoms with Gasteiger partial charge in [-0.1, -0.05) is 112 Å². The Morgan fingerprint density at radius 3 is 1.88 bits per heavy atom. The molecule has 0 unspecified atom stereocenters. The van der Waals surface area contributed by atoms with E-state index in [0.29, 0.717) is 6.61 Å². The number of likely N-dealkylation sites (tertiary alicyclic amines) is 1. The van der Waals surface area contributed by atoms with E-state index >= 15 is 0 Å². The SMILES string of the molecule is CC(C)(C)[Si](OC[C@@H]1C[C@@H](C#N)CN1Cc1ccccc1)(c1ccccc1)c1ccccc1. The van der Waals surface area contributed by atoms with E-state index in [9.17, 15) is 5.26 Å². The monoisotopic (exact) mass is 454 g/mol. The van der Waals surface area contributed by atoms with E-state index in [1.165, 1.54) is 15.9 Å². The van der Waals surface area contributed by atoms with Crippen LogP contribution in [0.4, 0.5) is 0 Å². The van der Waals surface area contributed by atoms with Crippen molar-refractivity contribution < 1.29 is 4.43 Å². The second-order valence-electron chi connectivity index (χ2n) is 10.1. The summed E-state index contributed by atoms with van der Waals surface area (Å²) in [7, 11) is -2.58. The van der Waals surface area contributed by atoms with E-state index in [2.05, 4.69) is 123 Å². The van der Waals surface area contributed by atoms with Crippen molar-refractivity contribution in [1.29, 1.82) is 5.26 Å². The highest BCUT2D eigenvalue weighted by molar-refractivity contribution is 6.99. The van der Waals surface area contributed by atoms with Gasteiger partial charge in [-0.2, -0.15) is 5.26 Å².